The molecule has 0 bridgehead atoms. The van der Waals surface area contributed by atoms with Crippen molar-refractivity contribution in [3.05, 3.63) is 56.9 Å². The minimum Gasteiger partial charge on any atom is -0.497 e. The Labute approximate surface area is 168 Å². The van der Waals surface area contributed by atoms with E-state index in [2.05, 4.69) is 6.92 Å². The lowest BCUT2D eigenvalue weighted by Crippen LogP contribution is -2.40. The number of methoxy groups -OCH3 is 1. The van der Waals surface area contributed by atoms with Crippen LogP contribution < -0.4 is 10.3 Å². The molecule has 2 aromatic heterocycles. The summed E-state index contributed by atoms with van der Waals surface area (Å²) in [5.74, 6) is 0.794. The van der Waals surface area contributed by atoms with Crippen LogP contribution in [0.1, 0.15) is 42.5 Å². The van der Waals surface area contributed by atoms with E-state index >= 15 is 0 Å². The van der Waals surface area contributed by atoms with Gasteiger partial charge < -0.3 is 19.1 Å². The van der Waals surface area contributed by atoms with Gasteiger partial charge in [0.2, 0.25) is 0 Å². The summed E-state index contributed by atoms with van der Waals surface area (Å²) in [5, 5.41) is 12.1. The van der Waals surface area contributed by atoms with Crippen molar-refractivity contribution < 1.29 is 14.6 Å². The monoisotopic (exact) mass is 392 g/mol. The van der Waals surface area contributed by atoms with E-state index in [0.29, 0.717) is 24.1 Å². The van der Waals surface area contributed by atoms with Gasteiger partial charge in [-0.3, -0.25) is 4.79 Å². The summed E-state index contributed by atoms with van der Waals surface area (Å²) in [5.41, 5.74) is 4.78. The minimum absolute atomic E-state index is 0.0919. The van der Waals surface area contributed by atoms with Gasteiger partial charge in [0.15, 0.2) is 0 Å². The summed E-state index contributed by atoms with van der Waals surface area (Å²) in [4.78, 5) is 18.2. The fourth-order valence-corrected chi connectivity index (χ4v) is 4.71. The number of fused-ring (bicyclic) bond motifs is 5. The van der Waals surface area contributed by atoms with Crippen molar-refractivity contribution in [3.63, 3.8) is 0 Å². The van der Waals surface area contributed by atoms with E-state index in [1.165, 1.54) is 5.56 Å². The Balaban J connectivity index is 1.81. The van der Waals surface area contributed by atoms with Crippen LogP contribution >= 0.6 is 0 Å². The van der Waals surface area contributed by atoms with Gasteiger partial charge in [-0.25, -0.2) is 4.98 Å². The van der Waals surface area contributed by atoms with Gasteiger partial charge in [-0.15, -0.1) is 0 Å². The van der Waals surface area contributed by atoms with Gasteiger partial charge in [-0.1, -0.05) is 13.8 Å². The average molecular weight is 392 g/mol. The highest BCUT2D eigenvalue weighted by molar-refractivity contribution is 5.89. The molecule has 1 unspecified atom stereocenters. The topological polar surface area (TPSA) is 73.6 Å². The van der Waals surface area contributed by atoms with E-state index in [1.807, 2.05) is 31.2 Å². The first-order valence-corrected chi connectivity index (χ1v) is 10.1. The Hall–Kier alpha value is -2.70. The zero-order chi connectivity index (χ0) is 20.3. The Morgan fingerprint density at radius 1 is 1.28 bits per heavy atom. The lowest BCUT2D eigenvalue weighted by atomic mass is 9.86. The quantitative estimate of drug-likeness (QED) is 0.580. The number of aryl methyl sites for hydroxylation is 1. The third kappa shape index (κ3) is 2.49. The van der Waals surface area contributed by atoms with E-state index in [9.17, 15) is 9.90 Å². The van der Waals surface area contributed by atoms with E-state index in [4.69, 9.17) is 14.5 Å². The maximum absolute atomic E-state index is 13.3. The first kappa shape index (κ1) is 18.3. The predicted molar refractivity (Wildman–Crippen MR) is 110 cm³/mol. The molecule has 0 spiro atoms. The third-order valence-electron chi connectivity index (χ3n) is 6.40. The molecule has 1 atom stereocenters. The van der Waals surface area contributed by atoms with Crippen LogP contribution in [0.4, 0.5) is 0 Å². The molecule has 29 heavy (non-hydrogen) atoms. The van der Waals surface area contributed by atoms with Crippen molar-refractivity contribution in [3.8, 4) is 17.1 Å². The fourth-order valence-electron chi connectivity index (χ4n) is 4.71. The summed E-state index contributed by atoms with van der Waals surface area (Å²) in [7, 11) is 1.66. The minimum atomic E-state index is -1.14. The van der Waals surface area contributed by atoms with Gasteiger partial charge in [-0.05, 0) is 48.2 Å². The molecule has 0 fully saturated rings. The van der Waals surface area contributed by atoms with Gasteiger partial charge in [0.1, 0.15) is 11.4 Å². The maximum atomic E-state index is 13.3. The number of rotatable bonds is 3. The van der Waals surface area contributed by atoms with Gasteiger partial charge in [0, 0.05) is 16.5 Å². The van der Waals surface area contributed by atoms with Crippen molar-refractivity contribution in [2.45, 2.75) is 45.4 Å². The number of hydrogen-bond donors (Lipinski definition) is 1. The lowest BCUT2D eigenvalue weighted by Gasteiger charge is -2.33. The molecule has 0 amide bonds. The van der Waals surface area contributed by atoms with Crippen molar-refractivity contribution >= 4 is 10.9 Å². The van der Waals surface area contributed by atoms with Crippen molar-refractivity contribution in [2.75, 3.05) is 13.7 Å². The third-order valence-corrected chi connectivity index (χ3v) is 6.40. The van der Waals surface area contributed by atoms with Crippen molar-refractivity contribution in [2.24, 2.45) is 0 Å². The van der Waals surface area contributed by atoms with Gasteiger partial charge >= 0.3 is 0 Å². The van der Waals surface area contributed by atoms with Gasteiger partial charge in [-0.2, -0.15) is 0 Å². The second-order valence-electron chi connectivity index (χ2n) is 7.85. The molecule has 6 nitrogen and oxygen atoms in total. The highest BCUT2D eigenvalue weighted by atomic mass is 16.5. The second-order valence-corrected chi connectivity index (χ2v) is 7.85. The first-order valence-electron chi connectivity index (χ1n) is 10.1. The van der Waals surface area contributed by atoms with Crippen LogP contribution in [0, 0.1) is 0 Å². The predicted octanol–water partition coefficient (Wildman–Crippen LogP) is 3.12. The molecule has 1 N–H and O–H groups in total. The second kappa shape index (κ2) is 6.40. The standard InChI is InChI=1S/C23H24N2O4/c1-4-14-15-8-13(28-3)6-7-19(15)24-21-16(14)10-25-20(21)9-18-17(22(25)26)11-29-12-23(18,27)5-2/h6-9,27H,4-5,10-12H2,1-3H3. The molecule has 2 aliphatic rings. The highest BCUT2D eigenvalue weighted by Crippen LogP contribution is 2.40. The highest BCUT2D eigenvalue weighted by Gasteiger charge is 2.38. The average Bonchev–Trinajstić information content (AvgIpc) is 3.11. The molecule has 3 aromatic rings. The Morgan fingerprint density at radius 3 is 2.83 bits per heavy atom. The maximum Gasteiger partial charge on any atom is 0.257 e. The molecule has 0 saturated carbocycles. The molecule has 1 aromatic carbocycles. The summed E-state index contributed by atoms with van der Waals surface area (Å²) in [6, 6.07) is 7.84. The molecule has 0 saturated heterocycles. The number of aromatic nitrogens is 2. The first-order chi connectivity index (χ1) is 14.0. The lowest BCUT2D eigenvalue weighted by molar-refractivity contribution is -0.0757. The SMILES string of the molecule is CCc1c2c(nc3ccc(OC)cc13)-c1cc3c(c(=O)n1C2)COCC3(O)CC. The molecule has 150 valence electrons. The van der Waals surface area contributed by atoms with Crippen LogP contribution in [0.2, 0.25) is 0 Å². The van der Waals surface area contributed by atoms with E-state index < -0.39 is 5.60 Å². The molecule has 2 aliphatic heterocycles. The molecule has 0 radical (unpaired) electrons. The van der Waals surface area contributed by atoms with Crippen molar-refractivity contribution in [1.82, 2.24) is 9.55 Å². The molecular weight excluding hydrogens is 368 g/mol. The van der Waals surface area contributed by atoms with E-state index in [0.717, 1.165) is 40.0 Å². The van der Waals surface area contributed by atoms with Gasteiger partial charge in [0.25, 0.3) is 5.56 Å². The Bertz CT molecular complexity index is 1210. The summed E-state index contributed by atoms with van der Waals surface area (Å²) in [6.45, 7) is 4.96. The van der Waals surface area contributed by atoms with Crippen LogP contribution in [0.3, 0.4) is 0 Å². The number of hydrogen-bond acceptors (Lipinski definition) is 5. The van der Waals surface area contributed by atoms with Gasteiger partial charge in [0.05, 0.1) is 43.8 Å². The fraction of sp³-hybridized carbons (Fsp3) is 0.391. The number of nitrogens with zero attached hydrogens (tertiary/aromatic N) is 2. The summed E-state index contributed by atoms with van der Waals surface area (Å²) < 4.78 is 12.7. The zero-order valence-corrected chi connectivity index (χ0v) is 16.9. The smallest absolute Gasteiger partial charge is 0.257 e. The molecule has 4 heterocycles. The summed E-state index contributed by atoms with van der Waals surface area (Å²) in [6.07, 6.45) is 1.32. The number of aliphatic hydroxyl groups is 1. The van der Waals surface area contributed by atoms with Crippen LogP contribution in [0.5, 0.6) is 5.75 Å². The van der Waals surface area contributed by atoms with E-state index in [-0.39, 0.29) is 18.8 Å². The van der Waals surface area contributed by atoms with Crippen LogP contribution in [0.15, 0.2) is 29.1 Å². The van der Waals surface area contributed by atoms with Crippen LogP contribution in [-0.4, -0.2) is 28.4 Å². The normalized spacial score (nSPS) is 19.7. The van der Waals surface area contributed by atoms with Crippen LogP contribution in [-0.2, 0) is 29.9 Å². The Morgan fingerprint density at radius 2 is 2.10 bits per heavy atom. The molecular formula is C23H24N2O4. The molecule has 6 heteroatoms. The largest absolute Gasteiger partial charge is 0.497 e. The molecule has 0 aliphatic carbocycles. The molecule has 5 rings (SSSR count). The number of benzene rings is 1. The number of ether oxygens (including phenoxy) is 2. The van der Waals surface area contributed by atoms with E-state index in [1.54, 1.807) is 11.7 Å². The van der Waals surface area contributed by atoms with Crippen molar-refractivity contribution in [1.29, 1.82) is 0 Å². The number of pyridine rings is 2. The zero-order valence-electron chi connectivity index (χ0n) is 16.9. The summed E-state index contributed by atoms with van der Waals surface area (Å²) >= 11 is 0. The Kier molecular flexibility index (Phi) is 4.05. The van der Waals surface area contributed by atoms with Crippen LogP contribution in [0.25, 0.3) is 22.3 Å².